The van der Waals surface area contributed by atoms with Gasteiger partial charge in [0.1, 0.15) is 0 Å². The highest BCUT2D eigenvalue weighted by Crippen LogP contribution is 2.53. The third kappa shape index (κ3) is 1.02. The molecule has 11 heavy (non-hydrogen) atoms. The molecule has 61 valence electrons. The summed E-state index contributed by atoms with van der Waals surface area (Å²) in [5.74, 6) is 4.49. The Morgan fingerprint density at radius 2 is 1.73 bits per heavy atom. The normalized spacial score (nSPS) is 49.6. The first-order valence-electron chi connectivity index (χ1n) is 5.27. The summed E-state index contributed by atoms with van der Waals surface area (Å²) in [4.78, 5) is 0. The summed E-state index contributed by atoms with van der Waals surface area (Å²) >= 11 is 0. The van der Waals surface area contributed by atoms with Gasteiger partial charge in [0.25, 0.3) is 0 Å². The summed E-state index contributed by atoms with van der Waals surface area (Å²) in [6.07, 6.45) is 11.8. The Labute approximate surface area is 69.4 Å². The van der Waals surface area contributed by atoms with Gasteiger partial charge in [0.2, 0.25) is 0 Å². The molecule has 2 unspecified atom stereocenters. The monoisotopic (exact) mass is 149 g/mol. The summed E-state index contributed by atoms with van der Waals surface area (Å²) in [7, 11) is 0. The van der Waals surface area contributed by atoms with Crippen molar-refractivity contribution in [2.24, 2.45) is 23.7 Å². The van der Waals surface area contributed by atoms with Gasteiger partial charge >= 0.3 is 0 Å². The Hall–Kier alpha value is 0. The topological polar surface area (TPSA) is 0 Å². The van der Waals surface area contributed by atoms with Crippen LogP contribution in [0.5, 0.6) is 0 Å². The van der Waals surface area contributed by atoms with Crippen LogP contribution < -0.4 is 0 Å². The van der Waals surface area contributed by atoms with Crippen LogP contribution in [0.25, 0.3) is 0 Å². The summed E-state index contributed by atoms with van der Waals surface area (Å²) in [6.45, 7) is 0. The molecule has 0 aromatic carbocycles. The van der Waals surface area contributed by atoms with Crippen molar-refractivity contribution >= 4 is 0 Å². The molecule has 4 rings (SSSR count). The van der Waals surface area contributed by atoms with Crippen molar-refractivity contribution in [3.63, 3.8) is 0 Å². The average Bonchev–Trinajstić information content (AvgIpc) is 2.89. The van der Waals surface area contributed by atoms with Crippen molar-refractivity contribution in [2.45, 2.75) is 38.5 Å². The van der Waals surface area contributed by atoms with Crippen LogP contribution in [0.4, 0.5) is 0 Å². The molecule has 4 aliphatic carbocycles. The fraction of sp³-hybridized carbons (Fsp3) is 0.909. The number of hydrogen-bond donors (Lipinski definition) is 0. The largest absolute Gasteiger partial charge is 0.0502 e. The molecule has 0 N–H and O–H groups in total. The van der Waals surface area contributed by atoms with Gasteiger partial charge < -0.3 is 0 Å². The van der Waals surface area contributed by atoms with Crippen LogP contribution in [0.3, 0.4) is 0 Å². The Balaban J connectivity index is 1.75. The zero-order valence-electron chi connectivity index (χ0n) is 7.13. The molecule has 0 amide bonds. The Bertz CT molecular complexity index is 149. The van der Waals surface area contributed by atoms with Gasteiger partial charge in [-0.15, -0.1) is 0 Å². The van der Waals surface area contributed by atoms with E-state index >= 15 is 0 Å². The van der Waals surface area contributed by atoms with Gasteiger partial charge in [-0.3, -0.25) is 0 Å². The molecule has 0 aromatic rings. The third-order valence-corrected chi connectivity index (χ3v) is 4.16. The van der Waals surface area contributed by atoms with E-state index in [1.54, 1.807) is 32.1 Å². The maximum absolute atomic E-state index is 2.53. The van der Waals surface area contributed by atoms with Gasteiger partial charge in [-0.05, 0) is 55.8 Å². The second-order valence-electron chi connectivity index (χ2n) is 4.82. The summed E-state index contributed by atoms with van der Waals surface area (Å²) in [6, 6.07) is 0. The van der Waals surface area contributed by atoms with Gasteiger partial charge in [0.05, 0.1) is 0 Å². The molecule has 0 spiro atoms. The van der Waals surface area contributed by atoms with E-state index in [9.17, 15) is 0 Å². The molecule has 2 bridgehead atoms. The van der Waals surface area contributed by atoms with Crippen LogP contribution in [-0.4, -0.2) is 0 Å². The Morgan fingerprint density at radius 1 is 1.00 bits per heavy atom. The first kappa shape index (κ1) is 6.51. The number of rotatable bonds is 1. The van der Waals surface area contributed by atoms with Crippen LogP contribution in [0, 0.1) is 30.1 Å². The van der Waals surface area contributed by atoms with Gasteiger partial charge in [0, 0.05) is 0 Å². The van der Waals surface area contributed by atoms with Crippen LogP contribution >= 0.6 is 0 Å². The standard InChI is InChI=1S/C11H17/c1-3-9-4-2-8(1)7-11(9)10-5-6-10/h5,8-11H,1-4,6-7H2. The lowest BCUT2D eigenvalue weighted by atomic mass is 9.63. The minimum atomic E-state index is 1.07. The SMILES string of the molecule is [CH]1CC1C1CC2CCC1CC2. The van der Waals surface area contributed by atoms with Crippen LogP contribution in [-0.2, 0) is 0 Å². The van der Waals surface area contributed by atoms with E-state index in [1.807, 2.05) is 0 Å². The average molecular weight is 149 g/mol. The minimum absolute atomic E-state index is 1.07. The van der Waals surface area contributed by atoms with E-state index < -0.39 is 0 Å². The molecule has 1 radical (unpaired) electrons. The van der Waals surface area contributed by atoms with Crippen molar-refractivity contribution in [1.82, 2.24) is 0 Å². The molecule has 2 atom stereocenters. The molecule has 4 fully saturated rings. The lowest BCUT2D eigenvalue weighted by Gasteiger charge is -2.42. The minimum Gasteiger partial charge on any atom is -0.0502 e. The van der Waals surface area contributed by atoms with E-state index in [0.29, 0.717) is 0 Å². The molecule has 4 saturated carbocycles. The van der Waals surface area contributed by atoms with E-state index in [-0.39, 0.29) is 0 Å². The van der Waals surface area contributed by atoms with Crippen LogP contribution in [0.15, 0.2) is 0 Å². The predicted molar refractivity (Wildman–Crippen MR) is 46.0 cm³/mol. The van der Waals surface area contributed by atoms with E-state index in [0.717, 1.165) is 23.7 Å². The second kappa shape index (κ2) is 2.24. The first-order chi connectivity index (χ1) is 5.43. The smallest absolute Gasteiger partial charge is 0.0349 e. The Morgan fingerprint density at radius 3 is 2.18 bits per heavy atom. The zero-order chi connectivity index (χ0) is 7.26. The van der Waals surface area contributed by atoms with Gasteiger partial charge in [-0.1, -0.05) is 12.8 Å². The molecule has 0 saturated heterocycles. The molecule has 0 heterocycles. The fourth-order valence-corrected chi connectivity index (χ4v) is 3.38. The van der Waals surface area contributed by atoms with E-state index in [4.69, 9.17) is 0 Å². The Kier molecular flexibility index (Phi) is 1.33. The highest BCUT2D eigenvalue weighted by Gasteiger charge is 2.43. The lowest BCUT2D eigenvalue weighted by molar-refractivity contribution is 0.0869. The lowest BCUT2D eigenvalue weighted by Crippen LogP contribution is -2.32. The fourth-order valence-electron chi connectivity index (χ4n) is 3.38. The van der Waals surface area contributed by atoms with E-state index in [2.05, 4.69) is 6.42 Å². The second-order valence-corrected chi connectivity index (χ2v) is 4.82. The summed E-state index contributed by atoms with van der Waals surface area (Å²) in [5, 5.41) is 0. The van der Waals surface area contributed by atoms with Gasteiger partial charge in [0.15, 0.2) is 0 Å². The van der Waals surface area contributed by atoms with Crippen molar-refractivity contribution in [3.8, 4) is 0 Å². The van der Waals surface area contributed by atoms with Crippen molar-refractivity contribution < 1.29 is 0 Å². The molecule has 4 aliphatic rings. The van der Waals surface area contributed by atoms with Crippen molar-refractivity contribution in [1.29, 1.82) is 0 Å². The van der Waals surface area contributed by atoms with Gasteiger partial charge in [-0.25, -0.2) is 0 Å². The van der Waals surface area contributed by atoms with Crippen molar-refractivity contribution in [2.75, 3.05) is 0 Å². The maximum Gasteiger partial charge on any atom is -0.0349 e. The van der Waals surface area contributed by atoms with Gasteiger partial charge in [-0.2, -0.15) is 0 Å². The van der Waals surface area contributed by atoms with Crippen LogP contribution in [0.2, 0.25) is 0 Å². The highest BCUT2D eigenvalue weighted by molar-refractivity contribution is 5.03. The molecule has 0 nitrogen and oxygen atoms in total. The zero-order valence-corrected chi connectivity index (χ0v) is 7.13. The molecular formula is C11H17. The first-order valence-corrected chi connectivity index (χ1v) is 5.27. The quantitative estimate of drug-likeness (QED) is 0.537. The molecule has 0 aliphatic heterocycles. The predicted octanol–water partition coefficient (Wildman–Crippen LogP) is 3.04. The van der Waals surface area contributed by atoms with Crippen molar-refractivity contribution in [3.05, 3.63) is 6.42 Å². The highest BCUT2D eigenvalue weighted by atomic mass is 14.5. The molecule has 0 aromatic heterocycles. The van der Waals surface area contributed by atoms with E-state index in [1.165, 1.54) is 6.42 Å². The number of fused-ring (bicyclic) bond motifs is 3. The molecule has 0 heteroatoms. The summed E-state index contributed by atoms with van der Waals surface area (Å²) < 4.78 is 0. The number of hydrogen-bond acceptors (Lipinski definition) is 0. The summed E-state index contributed by atoms with van der Waals surface area (Å²) in [5.41, 5.74) is 0. The molecular weight excluding hydrogens is 132 g/mol. The maximum atomic E-state index is 2.53. The van der Waals surface area contributed by atoms with Crippen LogP contribution in [0.1, 0.15) is 38.5 Å². The third-order valence-electron chi connectivity index (χ3n) is 4.16.